The predicted molar refractivity (Wildman–Crippen MR) is 80.3 cm³/mol. The Morgan fingerprint density at radius 3 is 2.57 bits per heavy atom. The van der Waals surface area contributed by atoms with E-state index in [2.05, 4.69) is 10.3 Å². The molecule has 0 fully saturated rings. The molecule has 0 aliphatic carbocycles. The number of methoxy groups -OCH3 is 1. The zero-order valence-corrected chi connectivity index (χ0v) is 12.2. The summed E-state index contributed by atoms with van der Waals surface area (Å²) < 4.78 is 27.4. The molecule has 1 aromatic heterocycles. The molecule has 0 amide bonds. The summed E-state index contributed by atoms with van der Waals surface area (Å²) >= 11 is 0. The molecule has 7 nitrogen and oxygen atoms in total. The molecule has 8 heteroatoms. The minimum absolute atomic E-state index is 0.0170. The van der Waals surface area contributed by atoms with Gasteiger partial charge >= 0.3 is 0 Å². The van der Waals surface area contributed by atoms with Crippen LogP contribution >= 0.6 is 0 Å². The number of benzene rings is 1. The third-order valence-electron chi connectivity index (χ3n) is 2.84. The number of nitrogen functional groups attached to an aromatic ring is 1. The van der Waals surface area contributed by atoms with Crippen molar-refractivity contribution < 1.29 is 13.2 Å². The van der Waals surface area contributed by atoms with Crippen LogP contribution < -0.4 is 20.9 Å². The first-order valence-electron chi connectivity index (χ1n) is 6.05. The zero-order chi connectivity index (χ0) is 15.5. The van der Waals surface area contributed by atoms with Crippen LogP contribution in [0.1, 0.15) is 5.56 Å². The maximum atomic E-state index is 11.2. The number of primary sulfonamides is 1. The zero-order valence-electron chi connectivity index (χ0n) is 11.4. The van der Waals surface area contributed by atoms with Gasteiger partial charge in [0.15, 0.2) is 0 Å². The minimum Gasteiger partial charge on any atom is -0.481 e. The van der Waals surface area contributed by atoms with Crippen molar-refractivity contribution in [3.63, 3.8) is 0 Å². The van der Waals surface area contributed by atoms with E-state index in [0.717, 1.165) is 5.56 Å². The van der Waals surface area contributed by atoms with E-state index in [4.69, 9.17) is 15.6 Å². The van der Waals surface area contributed by atoms with Gasteiger partial charge in [0.2, 0.25) is 15.9 Å². The minimum atomic E-state index is -3.75. The van der Waals surface area contributed by atoms with Crippen LogP contribution in [0.25, 0.3) is 0 Å². The second-order valence-electron chi connectivity index (χ2n) is 4.36. The maximum Gasteiger partial charge on any atom is 0.238 e. The highest BCUT2D eigenvalue weighted by Crippen LogP contribution is 2.22. The lowest BCUT2D eigenvalue weighted by molar-refractivity contribution is 0.397. The number of rotatable bonds is 5. The standard InChI is InChI=1S/C13H16N4O3S/c1-20-13-5-2-9(8-17-13)7-16-12-4-3-10(6-11(12)14)21(15,18)19/h2-6,8,16H,7,14H2,1H3,(H2,15,18,19). The highest BCUT2D eigenvalue weighted by atomic mass is 32.2. The Morgan fingerprint density at radius 1 is 1.29 bits per heavy atom. The van der Waals surface area contributed by atoms with Crippen LogP contribution in [-0.4, -0.2) is 20.5 Å². The normalized spacial score (nSPS) is 11.1. The van der Waals surface area contributed by atoms with Gasteiger partial charge in [0, 0.05) is 18.8 Å². The van der Waals surface area contributed by atoms with E-state index in [0.29, 0.717) is 23.8 Å². The van der Waals surface area contributed by atoms with Crippen molar-refractivity contribution in [2.24, 2.45) is 5.14 Å². The molecule has 2 aromatic rings. The number of aromatic nitrogens is 1. The Morgan fingerprint density at radius 2 is 2.05 bits per heavy atom. The fourth-order valence-corrected chi connectivity index (χ4v) is 2.26. The summed E-state index contributed by atoms with van der Waals surface area (Å²) in [5.41, 5.74) is 7.68. The van der Waals surface area contributed by atoms with E-state index in [-0.39, 0.29) is 4.90 Å². The molecule has 21 heavy (non-hydrogen) atoms. The van der Waals surface area contributed by atoms with E-state index < -0.39 is 10.0 Å². The summed E-state index contributed by atoms with van der Waals surface area (Å²) in [4.78, 5) is 4.07. The number of hydrogen-bond acceptors (Lipinski definition) is 6. The lowest BCUT2D eigenvalue weighted by atomic mass is 10.2. The summed E-state index contributed by atoms with van der Waals surface area (Å²) in [6.45, 7) is 0.496. The van der Waals surface area contributed by atoms with Gasteiger partial charge in [-0.25, -0.2) is 18.5 Å². The highest BCUT2D eigenvalue weighted by molar-refractivity contribution is 7.89. The maximum absolute atomic E-state index is 11.2. The van der Waals surface area contributed by atoms with Gasteiger partial charge in [-0.05, 0) is 23.8 Å². The molecule has 0 atom stereocenters. The smallest absolute Gasteiger partial charge is 0.238 e. The molecule has 0 saturated heterocycles. The third-order valence-corrected chi connectivity index (χ3v) is 3.75. The van der Waals surface area contributed by atoms with E-state index in [9.17, 15) is 8.42 Å². The van der Waals surface area contributed by atoms with Crippen molar-refractivity contribution in [3.8, 4) is 5.88 Å². The van der Waals surface area contributed by atoms with Crippen LogP contribution in [0.2, 0.25) is 0 Å². The lowest BCUT2D eigenvalue weighted by Crippen LogP contribution is -2.13. The molecule has 0 spiro atoms. The second-order valence-corrected chi connectivity index (χ2v) is 5.92. The van der Waals surface area contributed by atoms with Gasteiger partial charge in [-0.1, -0.05) is 6.07 Å². The highest BCUT2D eigenvalue weighted by Gasteiger charge is 2.09. The predicted octanol–water partition coefficient (Wildman–Crippen LogP) is 0.932. The second kappa shape index (κ2) is 5.98. The molecule has 5 N–H and O–H groups in total. The summed E-state index contributed by atoms with van der Waals surface area (Å²) in [5.74, 6) is 0.538. The average molecular weight is 308 g/mol. The van der Waals surface area contributed by atoms with Gasteiger partial charge in [-0.15, -0.1) is 0 Å². The van der Waals surface area contributed by atoms with Crippen LogP contribution in [0.15, 0.2) is 41.4 Å². The van der Waals surface area contributed by atoms with Crippen molar-refractivity contribution in [1.82, 2.24) is 4.98 Å². The SMILES string of the molecule is COc1ccc(CNc2ccc(S(N)(=O)=O)cc2N)cn1. The van der Waals surface area contributed by atoms with Crippen LogP contribution in [0, 0.1) is 0 Å². The molecule has 1 aromatic carbocycles. The van der Waals surface area contributed by atoms with Gasteiger partial charge in [0.1, 0.15) is 0 Å². The van der Waals surface area contributed by atoms with Gasteiger partial charge in [0.05, 0.1) is 23.4 Å². The first-order valence-corrected chi connectivity index (χ1v) is 7.60. The molecule has 0 bridgehead atoms. The Bertz CT molecular complexity index is 730. The van der Waals surface area contributed by atoms with Crippen molar-refractivity contribution >= 4 is 21.4 Å². The molecule has 1 heterocycles. The van der Waals surface area contributed by atoms with Crippen LogP contribution in [0.4, 0.5) is 11.4 Å². The molecular weight excluding hydrogens is 292 g/mol. The Hall–Kier alpha value is -2.32. The Kier molecular flexibility index (Phi) is 4.29. The topological polar surface area (TPSA) is 120 Å². The van der Waals surface area contributed by atoms with E-state index in [1.54, 1.807) is 25.4 Å². The van der Waals surface area contributed by atoms with E-state index >= 15 is 0 Å². The third kappa shape index (κ3) is 3.83. The quantitative estimate of drug-likeness (QED) is 0.707. The van der Waals surface area contributed by atoms with Crippen molar-refractivity contribution in [2.75, 3.05) is 18.2 Å². The summed E-state index contributed by atoms with van der Waals surface area (Å²) in [6, 6.07) is 7.93. The van der Waals surface area contributed by atoms with Gasteiger partial charge in [-0.3, -0.25) is 0 Å². The molecule has 0 unspecified atom stereocenters. The average Bonchev–Trinajstić information content (AvgIpc) is 2.45. The lowest BCUT2D eigenvalue weighted by Gasteiger charge is -2.10. The first-order chi connectivity index (χ1) is 9.90. The van der Waals surface area contributed by atoms with Crippen molar-refractivity contribution in [2.45, 2.75) is 11.4 Å². The molecule has 112 valence electrons. The number of anilines is 2. The van der Waals surface area contributed by atoms with Crippen molar-refractivity contribution in [3.05, 3.63) is 42.1 Å². The molecule has 2 rings (SSSR count). The molecule has 0 aliphatic heterocycles. The molecular formula is C13H16N4O3S. The van der Waals surface area contributed by atoms with E-state index in [1.165, 1.54) is 12.1 Å². The number of ether oxygens (including phenoxy) is 1. The molecule has 0 saturated carbocycles. The molecule has 0 radical (unpaired) electrons. The monoisotopic (exact) mass is 308 g/mol. The van der Waals surface area contributed by atoms with Crippen LogP contribution in [0.5, 0.6) is 5.88 Å². The van der Waals surface area contributed by atoms with Gasteiger partial charge < -0.3 is 15.8 Å². The molecule has 0 aliphatic rings. The Balaban J connectivity index is 2.09. The van der Waals surface area contributed by atoms with Gasteiger partial charge in [-0.2, -0.15) is 0 Å². The Labute approximate surface area is 123 Å². The fraction of sp³-hybridized carbons (Fsp3) is 0.154. The van der Waals surface area contributed by atoms with Crippen LogP contribution in [-0.2, 0) is 16.6 Å². The first kappa shape index (κ1) is 15.1. The summed E-state index contributed by atoms with van der Waals surface area (Å²) in [6.07, 6.45) is 1.68. The van der Waals surface area contributed by atoms with Gasteiger partial charge in [0.25, 0.3) is 0 Å². The largest absolute Gasteiger partial charge is 0.481 e. The number of sulfonamides is 1. The summed E-state index contributed by atoms with van der Waals surface area (Å²) in [7, 11) is -2.20. The number of nitrogens with one attached hydrogen (secondary N) is 1. The van der Waals surface area contributed by atoms with Crippen LogP contribution in [0.3, 0.4) is 0 Å². The fourth-order valence-electron chi connectivity index (χ4n) is 1.71. The number of pyridine rings is 1. The number of nitrogens with zero attached hydrogens (tertiary/aromatic N) is 1. The number of hydrogen-bond donors (Lipinski definition) is 3. The summed E-state index contributed by atoms with van der Waals surface area (Å²) in [5, 5.41) is 8.15. The van der Waals surface area contributed by atoms with Crippen molar-refractivity contribution in [1.29, 1.82) is 0 Å². The number of nitrogens with two attached hydrogens (primary N) is 2. The van der Waals surface area contributed by atoms with E-state index in [1.807, 2.05) is 6.07 Å².